The Morgan fingerprint density at radius 3 is 1.02 bits per heavy atom. The van der Waals surface area contributed by atoms with Crippen LogP contribution in [0.4, 0.5) is 30.7 Å². The number of nitrogens with zero attached hydrogens (tertiary/aromatic N) is 2. The van der Waals surface area contributed by atoms with Gasteiger partial charge in [0.1, 0.15) is 66.8 Å². The third-order valence-corrected chi connectivity index (χ3v) is 21.8. The van der Waals surface area contributed by atoms with Crippen molar-refractivity contribution in [2.45, 2.75) is 299 Å². The van der Waals surface area contributed by atoms with E-state index in [0.717, 1.165) is 49.9 Å². The van der Waals surface area contributed by atoms with Gasteiger partial charge in [-0.05, 0) is 152 Å². The number of hydrogen-bond donors (Lipinski definition) is 10. The number of nitrogens with one attached hydrogen (secondary N) is 8. The number of aliphatic hydroxyl groups excluding tert-OH is 1. The molecule has 3 aliphatic heterocycles. The predicted octanol–water partition coefficient (Wildman–Crippen LogP) is 5.97. The van der Waals surface area contributed by atoms with Crippen LogP contribution in [0.3, 0.4) is 0 Å². The van der Waals surface area contributed by atoms with Crippen LogP contribution in [-0.4, -0.2) is 212 Å². The second-order valence-electron chi connectivity index (χ2n) is 30.4. The zero-order chi connectivity index (χ0) is 93.9. The number of aromatic amines is 2. The predicted molar refractivity (Wildman–Crippen MR) is 413 cm³/mol. The summed E-state index contributed by atoms with van der Waals surface area (Å²) in [6.45, 7) is 32.3. The number of aliphatic hydroxyl groups is 2. The van der Waals surface area contributed by atoms with Gasteiger partial charge in [-0.3, -0.25) is 80.4 Å². The lowest BCUT2D eigenvalue weighted by Gasteiger charge is -2.30. The van der Waals surface area contributed by atoms with Crippen LogP contribution in [0.15, 0.2) is 43.7 Å². The molecule has 0 bridgehead atoms. The first kappa shape index (κ1) is 108. The molecule has 6 rings (SSSR count). The summed E-state index contributed by atoms with van der Waals surface area (Å²) in [5, 5.41) is 35.1. The number of alkyl halides is 2. The second-order valence-corrected chi connectivity index (χ2v) is 35.9. The first-order valence-corrected chi connectivity index (χ1v) is 42.8. The van der Waals surface area contributed by atoms with Crippen molar-refractivity contribution in [2.24, 2.45) is 5.92 Å². The summed E-state index contributed by atoms with van der Waals surface area (Å²) in [4.78, 5) is 136. The first-order valence-electron chi connectivity index (χ1n) is 37.9. The minimum Gasteiger partial charge on any atom is -0.463 e. The lowest BCUT2D eigenvalue weighted by molar-refractivity contribution is -0.300. The topological polar surface area (TPSA) is 532 Å². The maximum atomic E-state index is 16.7. The molecule has 41 nitrogen and oxygen atoms in total. The molecule has 3 fully saturated rings. The number of carbonyl (C=O) groups is 7. The standard InChI is InChI=1S/C24H38FN4O12P.C22H36FN4O11P.C18H24F5N2O6P.C7H14O2/c1-12(2)37-17(31)14(5)27-42(34,28-15(6)18(32)38-13(3)4)36-11-24(25)19-23(7,41-22(35-8)39-19)20(40-24)29-10-9-16(30)26-21(29)33;1-11(2)36-16(29)13(5)25-39(34,26-14(6)17(30)37-12(3)4)35-10-22(23)18(31)21(7,33)19(38-22)27-9-8-15(28)24-20(27)32;1-7(2)29-17(26)9(5)24-32(28,25-10(6)18(27)30-8(3)4)31-16-14(22)12(20)11(19)13(21)15(16)23;1-5(2)7(8)9-6(3)4/h9-10,12-15,19-20,22H,11H2,1-8H3,(H,26,30,33)(H2,27,28,34);8-9,11-14,18-19,31,33H,10H2,1-7H3,(H,24,28,32)(H2,25,26,34);7-10H,1-6H3,(H2,24,25,28);5-6H,1-4H3/t14-,15-,19-,20+,22?,23+,24+;13-,14-,18-,19+,21+,22+;9-,10-;/m000./s1. The summed E-state index contributed by atoms with van der Waals surface area (Å²) in [5.74, 6) is -25.3. The molecule has 3 aromatic rings. The molecular formula is C71H112F7N10O31P3. The van der Waals surface area contributed by atoms with Crippen molar-refractivity contribution >= 4 is 64.8 Å². The van der Waals surface area contributed by atoms with Crippen molar-refractivity contribution < 1.29 is 159 Å². The number of methoxy groups -OCH3 is 1. The second kappa shape index (κ2) is 45.4. The average molecular weight is 1830 g/mol. The molecule has 0 amide bonds. The molecular weight excluding hydrogens is 1710 g/mol. The zero-order valence-corrected chi connectivity index (χ0v) is 74.5. The average Bonchev–Trinajstić information content (AvgIpc) is 1.55. The van der Waals surface area contributed by atoms with Crippen LogP contribution >= 0.6 is 23.0 Å². The van der Waals surface area contributed by atoms with Gasteiger partial charge in [-0.2, -0.15) is 8.78 Å². The normalized spacial score (nSPS) is 23.0. The number of halogens is 7. The Balaban J connectivity index is 0.000000452. The van der Waals surface area contributed by atoms with E-state index in [1.54, 1.807) is 55.4 Å². The monoisotopic (exact) mass is 1830 g/mol. The molecule has 2 aromatic heterocycles. The molecule has 51 heteroatoms. The number of rotatable bonds is 37. The summed E-state index contributed by atoms with van der Waals surface area (Å²) in [5.41, 5.74) is -7.60. The van der Waals surface area contributed by atoms with Crippen molar-refractivity contribution in [3.8, 4) is 5.75 Å². The van der Waals surface area contributed by atoms with Crippen LogP contribution in [0.1, 0.15) is 179 Å². The lowest BCUT2D eigenvalue weighted by Crippen LogP contribution is -2.50. The molecule has 0 aliphatic carbocycles. The van der Waals surface area contributed by atoms with E-state index < -0.39 is 256 Å². The summed E-state index contributed by atoms with van der Waals surface area (Å²) in [6, 6.07) is -5.99. The molecule has 0 radical (unpaired) electrons. The molecule has 15 atom stereocenters. The molecule has 122 heavy (non-hydrogen) atoms. The van der Waals surface area contributed by atoms with Crippen molar-refractivity contribution in [3.63, 3.8) is 0 Å². The highest BCUT2D eigenvalue weighted by molar-refractivity contribution is 7.55. The number of esters is 7. The van der Waals surface area contributed by atoms with Crippen molar-refractivity contribution in [1.29, 1.82) is 0 Å². The lowest BCUT2D eigenvalue weighted by atomic mass is 9.95. The Morgan fingerprint density at radius 2 is 0.730 bits per heavy atom. The van der Waals surface area contributed by atoms with Crippen molar-refractivity contribution in [1.82, 2.24) is 49.6 Å². The molecule has 3 saturated heterocycles. The molecule has 696 valence electrons. The van der Waals surface area contributed by atoms with Crippen molar-refractivity contribution in [2.75, 3.05) is 20.3 Å². The Morgan fingerprint density at radius 1 is 0.451 bits per heavy atom. The van der Waals surface area contributed by atoms with Gasteiger partial charge in [0.25, 0.3) is 29.3 Å². The summed E-state index contributed by atoms with van der Waals surface area (Å²) < 4.78 is 221. The number of ether oxygens (including phenoxy) is 12. The third kappa shape index (κ3) is 30.8. The highest BCUT2D eigenvalue weighted by Crippen LogP contribution is 2.55. The fraction of sp³-hybridized carbons (Fsp3) is 0.704. The van der Waals surface area contributed by atoms with Gasteiger partial charge in [0.15, 0.2) is 18.6 Å². The van der Waals surface area contributed by atoms with E-state index in [0.29, 0.717) is 4.57 Å². The van der Waals surface area contributed by atoms with E-state index in [2.05, 4.69) is 40.0 Å². The molecule has 0 spiro atoms. The van der Waals surface area contributed by atoms with E-state index in [1.807, 2.05) is 32.7 Å². The minimum absolute atomic E-state index is 0.00704. The van der Waals surface area contributed by atoms with E-state index in [9.17, 15) is 98.6 Å². The maximum absolute atomic E-state index is 16.7. The fourth-order valence-corrected chi connectivity index (χ4v) is 15.9. The van der Waals surface area contributed by atoms with Gasteiger partial charge in [-0.1, -0.05) is 13.8 Å². The largest absolute Gasteiger partial charge is 0.463 e. The third-order valence-electron chi connectivity index (χ3n) is 16.0. The van der Waals surface area contributed by atoms with Crippen LogP contribution < -0.4 is 57.5 Å². The quantitative estimate of drug-likeness (QED) is 0.00793. The fourth-order valence-electron chi connectivity index (χ4n) is 10.5. The number of hydrogen-bond acceptors (Lipinski definition) is 31. The van der Waals surface area contributed by atoms with Gasteiger partial charge in [-0.15, -0.1) is 0 Å². The van der Waals surface area contributed by atoms with Crippen LogP contribution in [-0.2, 0) is 113 Å². The maximum Gasteiger partial charge on any atom is 0.392 e. The SMILES string of the molecule is CC(C)OC(=O)C(C)C.CC(C)OC(=O)[C@H](C)NP(=O)(N[C@@H](C)C(=O)OC(C)C)OC[C@@]1(F)O[C@@H](n2ccc(=O)[nH]c2=O)[C@](C)(O)[C@@H]1O.CC(C)OC(=O)[C@H](C)NP(=O)(N[C@@H](C)C(=O)OC(C)C)Oc1c(F)c(F)c(F)c(F)c1F.COC1O[C@H]2[C@@](C)(O1)[C@H](n1ccc(=O)[nH]c1=O)O[C@]2(F)COP(=O)(N[C@@H](C)C(=O)OC(C)C)N[C@@H](C)C(=O)OC(C)C. The van der Waals surface area contributed by atoms with E-state index in [1.165, 1.54) is 69.4 Å². The number of fused-ring (bicyclic) bond motifs is 1. The minimum atomic E-state index is -4.89. The highest BCUT2D eigenvalue weighted by atomic mass is 31.2. The van der Waals surface area contributed by atoms with E-state index >= 15 is 8.78 Å². The van der Waals surface area contributed by atoms with E-state index in [4.69, 9.17) is 65.9 Å². The Bertz CT molecular complexity index is 4370. The molecule has 10 N–H and O–H groups in total. The molecule has 5 heterocycles. The van der Waals surface area contributed by atoms with Gasteiger partial charge in [-0.25, -0.2) is 66.6 Å². The molecule has 1 aromatic carbocycles. The molecule has 1 unspecified atom stereocenters. The smallest absolute Gasteiger partial charge is 0.392 e. The summed E-state index contributed by atoms with van der Waals surface area (Å²) in [6.07, 6.45) is -8.47. The molecule has 3 aliphatic rings. The summed E-state index contributed by atoms with van der Waals surface area (Å²) >= 11 is 0. The zero-order valence-electron chi connectivity index (χ0n) is 71.8. The van der Waals surface area contributed by atoms with Crippen LogP contribution in [0.25, 0.3) is 0 Å². The van der Waals surface area contributed by atoms with E-state index in [-0.39, 0.29) is 18.0 Å². The van der Waals surface area contributed by atoms with Gasteiger partial charge in [0, 0.05) is 31.6 Å². The van der Waals surface area contributed by atoms with Crippen LogP contribution in [0, 0.1) is 35.0 Å². The number of carbonyl (C=O) groups excluding carboxylic acids is 7. The number of aromatic nitrogens is 4. The Kier molecular flexibility index (Phi) is 40.4. The van der Waals surface area contributed by atoms with Gasteiger partial charge in [0.2, 0.25) is 34.8 Å². The van der Waals surface area contributed by atoms with Crippen LogP contribution in [0.5, 0.6) is 5.75 Å². The Labute approximate surface area is 697 Å². The summed E-state index contributed by atoms with van der Waals surface area (Å²) in [7, 11) is -12.7. The first-order chi connectivity index (χ1) is 55.9. The van der Waals surface area contributed by atoms with Crippen LogP contribution in [0.2, 0.25) is 0 Å². The van der Waals surface area contributed by atoms with Gasteiger partial charge < -0.3 is 71.6 Å². The van der Waals surface area contributed by atoms with Gasteiger partial charge >= 0.3 is 76.2 Å². The Hall–Kier alpha value is -7.73. The highest BCUT2D eigenvalue weighted by Gasteiger charge is 2.71. The number of benzene rings is 1. The number of H-pyrrole nitrogens is 2. The van der Waals surface area contributed by atoms with Crippen molar-refractivity contribution in [3.05, 3.63) is 95.3 Å². The van der Waals surface area contributed by atoms with Gasteiger partial charge in [0.05, 0.1) is 48.6 Å². The molecule has 0 saturated carbocycles.